The minimum absolute atomic E-state index is 0.0607. The lowest BCUT2D eigenvalue weighted by Crippen LogP contribution is -2.14. The van der Waals surface area contributed by atoms with Gasteiger partial charge in [0.2, 0.25) is 5.89 Å². The predicted octanol–water partition coefficient (Wildman–Crippen LogP) is 5.54. The number of nitrogens with zero attached hydrogens (tertiary/aromatic N) is 1. The molecule has 4 aromatic rings. The summed E-state index contributed by atoms with van der Waals surface area (Å²) in [5.41, 5.74) is 2.57. The maximum absolute atomic E-state index is 13.8. The van der Waals surface area contributed by atoms with Crippen LogP contribution in [0.25, 0.3) is 22.6 Å². The number of fused-ring (bicyclic) bond motifs is 1. The Bertz CT molecular complexity index is 1050. The fourth-order valence-electron chi connectivity index (χ4n) is 2.60. The smallest absolute Gasteiger partial charge is 0.260 e. The second-order valence-corrected chi connectivity index (χ2v) is 6.02. The van der Waals surface area contributed by atoms with Crippen LogP contribution >= 0.6 is 11.6 Å². The number of para-hydroxylation sites is 2. The molecule has 0 aliphatic rings. The van der Waals surface area contributed by atoms with Gasteiger partial charge in [0.15, 0.2) is 5.58 Å². The van der Waals surface area contributed by atoms with E-state index in [0.717, 1.165) is 11.1 Å². The molecule has 6 heteroatoms. The first-order chi connectivity index (χ1) is 12.6. The molecule has 26 heavy (non-hydrogen) atoms. The zero-order valence-corrected chi connectivity index (χ0v) is 14.1. The van der Waals surface area contributed by atoms with Crippen molar-refractivity contribution in [3.8, 4) is 11.5 Å². The predicted molar refractivity (Wildman–Crippen MR) is 98.8 cm³/mol. The van der Waals surface area contributed by atoms with Crippen LogP contribution < -0.4 is 5.32 Å². The molecule has 0 bridgehead atoms. The van der Waals surface area contributed by atoms with Crippen molar-refractivity contribution in [2.45, 2.75) is 0 Å². The molecule has 3 aromatic carbocycles. The topological polar surface area (TPSA) is 55.1 Å². The summed E-state index contributed by atoms with van der Waals surface area (Å²) in [6.07, 6.45) is 0. The Morgan fingerprint density at radius 1 is 1.00 bits per heavy atom. The molecule has 0 aliphatic heterocycles. The van der Waals surface area contributed by atoms with Crippen LogP contribution in [0.2, 0.25) is 5.02 Å². The Hall–Kier alpha value is -3.18. The SMILES string of the molecule is O=C(Nc1ccc(-c2nc3ccccc3o2)cc1)c1c(F)cccc1Cl. The molecule has 0 saturated heterocycles. The van der Waals surface area contributed by atoms with Gasteiger partial charge in [-0.3, -0.25) is 4.79 Å². The molecule has 1 heterocycles. The van der Waals surface area contributed by atoms with E-state index < -0.39 is 11.7 Å². The minimum atomic E-state index is -0.668. The molecule has 0 spiro atoms. The van der Waals surface area contributed by atoms with E-state index in [4.69, 9.17) is 16.0 Å². The van der Waals surface area contributed by atoms with Gasteiger partial charge in [0.1, 0.15) is 11.3 Å². The number of oxazole rings is 1. The van der Waals surface area contributed by atoms with Crippen LogP contribution in [0.3, 0.4) is 0 Å². The van der Waals surface area contributed by atoms with Gasteiger partial charge in [-0.05, 0) is 48.5 Å². The molecular formula is C20H12ClFN2O2. The Balaban J connectivity index is 1.57. The highest BCUT2D eigenvalue weighted by Crippen LogP contribution is 2.26. The fourth-order valence-corrected chi connectivity index (χ4v) is 2.85. The lowest BCUT2D eigenvalue weighted by atomic mass is 10.1. The molecule has 1 aromatic heterocycles. The molecule has 0 fully saturated rings. The number of rotatable bonds is 3. The van der Waals surface area contributed by atoms with Gasteiger partial charge >= 0.3 is 0 Å². The molecule has 4 rings (SSSR count). The fraction of sp³-hybridized carbons (Fsp3) is 0. The second kappa shape index (κ2) is 6.61. The summed E-state index contributed by atoms with van der Waals surface area (Å²) >= 11 is 5.91. The third kappa shape index (κ3) is 3.05. The molecule has 0 aliphatic carbocycles. The van der Waals surface area contributed by atoms with Crippen molar-refractivity contribution in [1.82, 2.24) is 4.98 Å². The maximum Gasteiger partial charge on any atom is 0.260 e. The average Bonchev–Trinajstić information content (AvgIpc) is 3.06. The monoisotopic (exact) mass is 366 g/mol. The quantitative estimate of drug-likeness (QED) is 0.518. The van der Waals surface area contributed by atoms with Crippen LogP contribution in [0.15, 0.2) is 71.1 Å². The first-order valence-electron chi connectivity index (χ1n) is 7.83. The number of nitrogens with one attached hydrogen (secondary N) is 1. The average molecular weight is 367 g/mol. The van der Waals surface area contributed by atoms with E-state index >= 15 is 0 Å². The number of benzene rings is 3. The summed E-state index contributed by atoms with van der Waals surface area (Å²) in [6.45, 7) is 0. The van der Waals surface area contributed by atoms with Gasteiger partial charge < -0.3 is 9.73 Å². The molecule has 1 amide bonds. The van der Waals surface area contributed by atoms with Crippen LogP contribution in [0.1, 0.15) is 10.4 Å². The van der Waals surface area contributed by atoms with Crippen molar-refractivity contribution in [3.63, 3.8) is 0 Å². The molecular weight excluding hydrogens is 355 g/mol. The van der Waals surface area contributed by atoms with E-state index in [0.29, 0.717) is 17.2 Å². The summed E-state index contributed by atoms with van der Waals surface area (Å²) in [6, 6.07) is 18.5. The van der Waals surface area contributed by atoms with Gasteiger partial charge in [-0.2, -0.15) is 0 Å². The van der Waals surface area contributed by atoms with Crippen molar-refractivity contribution in [3.05, 3.63) is 83.1 Å². The van der Waals surface area contributed by atoms with Crippen LogP contribution in [0, 0.1) is 5.82 Å². The van der Waals surface area contributed by atoms with Gasteiger partial charge in [0.05, 0.1) is 10.6 Å². The van der Waals surface area contributed by atoms with Crippen molar-refractivity contribution in [1.29, 1.82) is 0 Å². The van der Waals surface area contributed by atoms with E-state index in [1.807, 2.05) is 24.3 Å². The number of carbonyl (C=O) groups is 1. The maximum atomic E-state index is 13.8. The summed E-state index contributed by atoms with van der Waals surface area (Å²) in [7, 11) is 0. The Labute approximate surface area is 153 Å². The number of hydrogen-bond acceptors (Lipinski definition) is 3. The number of anilines is 1. The molecule has 0 saturated carbocycles. The first-order valence-corrected chi connectivity index (χ1v) is 8.21. The highest BCUT2D eigenvalue weighted by atomic mass is 35.5. The lowest BCUT2D eigenvalue weighted by molar-refractivity contribution is 0.102. The number of amides is 1. The first kappa shape index (κ1) is 16.3. The third-order valence-corrected chi connectivity index (χ3v) is 4.19. The van der Waals surface area contributed by atoms with E-state index in [-0.39, 0.29) is 10.6 Å². The summed E-state index contributed by atoms with van der Waals surface area (Å²) in [4.78, 5) is 16.7. The van der Waals surface area contributed by atoms with Gasteiger partial charge in [-0.1, -0.05) is 29.8 Å². The number of hydrogen-bond donors (Lipinski definition) is 1. The highest BCUT2D eigenvalue weighted by Gasteiger charge is 2.16. The van der Waals surface area contributed by atoms with Gasteiger partial charge in [-0.15, -0.1) is 0 Å². The lowest BCUT2D eigenvalue weighted by Gasteiger charge is -2.08. The summed E-state index contributed by atoms with van der Waals surface area (Å²) < 4.78 is 19.5. The molecule has 128 valence electrons. The number of carbonyl (C=O) groups excluding carboxylic acids is 1. The molecule has 0 unspecified atom stereocenters. The van der Waals surface area contributed by atoms with Crippen LogP contribution in [-0.2, 0) is 0 Å². The largest absolute Gasteiger partial charge is 0.436 e. The number of aromatic nitrogens is 1. The standard InChI is InChI=1S/C20H12ClFN2O2/c21-14-4-3-5-15(22)18(14)19(25)23-13-10-8-12(9-11-13)20-24-16-6-1-2-7-17(16)26-20/h1-11H,(H,23,25). The van der Waals surface area contributed by atoms with E-state index in [1.165, 1.54) is 18.2 Å². The molecule has 0 radical (unpaired) electrons. The highest BCUT2D eigenvalue weighted by molar-refractivity contribution is 6.34. The van der Waals surface area contributed by atoms with Crippen molar-refractivity contribution in [2.75, 3.05) is 5.32 Å². The van der Waals surface area contributed by atoms with Crippen LogP contribution in [0.4, 0.5) is 10.1 Å². The van der Waals surface area contributed by atoms with Gasteiger partial charge in [0, 0.05) is 11.3 Å². The van der Waals surface area contributed by atoms with Crippen molar-refractivity contribution < 1.29 is 13.6 Å². The summed E-state index contributed by atoms with van der Waals surface area (Å²) in [5, 5.41) is 2.69. The van der Waals surface area contributed by atoms with Gasteiger partial charge in [0.25, 0.3) is 5.91 Å². The Kier molecular flexibility index (Phi) is 4.14. The van der Waals surface area contributed by atoms with Crippen molar-refractivity contribution >= 4 is 34.3 Å². The van der Waals surface area contributed by atoms with Gasteiger partial charge in [-0.25, -0.2) is 9.37 Å². The van der Waals surface area contributed by atoms with E-state index in [1.54, 1.807) is 24.3 Å². The third-order valence-electron chi connectivity index (χ3n) is 3.87. The van der Waals surface area contributed by atoms with Crippen molar-refractivity contribution in [2.24, 2.45) is 0 Å². The van der Waals surface area contributed by atoms with Crippen LogP contribution in [0.5, 0.6) is 0 Å². The zero-order chi connectivity index (χ0) is 18.1. The number of halogens is 2. The Morgan fingerprint density at radius 3 is 2.50 bits per heavy atom. The normalized spacial score (nSPS) is 10.8. The van der Waals surface area contributed by atoms with Crippen LogP contribution in [-0.4, -0.2) is 10.9 Å². The molecule has 1 N–H and O–H groups in total. The van der Waals surface area contributed by atoms with E-state index in [2.05, 4.69) is 10.3 Å². The molecule has 0 atom stereocenters. The summed E-state index contributed by atoms with van der Waals surface area (Å²) in [5.74, 6) is -0.790. The Morgan fingerprint density at radius 2 is 1.77 bits per heavy atom. The molecule has 4 nitrogen and oxygen atoms in total. The van der Waals surface area contributed by atoms with E-state index in [9.17, 15) is 9.18 Å². The minimum Gasteiger partial charge on any atom is -0.436 e. The zero-order valence-electron chi connectivity index (χ0n) is 13.4. The second-order valence-electron chi connectivity index (χ2n) is 5.61.